The molecule has 0 saturated carbocycles. The van der Waals surface area contributed by atoms with Crippen LogP contribution in [0.1, 0.15) is 29.8 Å². The molecule has 1 N–H and O–H groups in total. The number of ether oxygens (including phenoxy) is 1. The summed E-state index contributed by atoms with van der Waals surface area (Å²) >= 11 is 0. The first-order valence-corrected chi connectivity index (χ1v) is 5.16. The van der Waals surface area contributed by atoms with Crippen molar-refractivity contribution in [3.63, 3.8) is 0 Å². The van der Waals surface area contributed by atoms with Gasteiger partial charge in [-0.05, 0) is 32.4 Å². The number of aldehydes is 1. The average Bonchev–Trinajstić information content (AvgIpc) is 2.23. The van der Waals surface area contributed by atoms with Crippen LogP contribution in [0, 0.1) is 0 Å². The van der Waals surface area contributed by atoms with Crippen molar-refractivity contribution in [3.8, 4) is 11.5 Å². The molecular formula is C13H16O3. The van der Waals surface area contributed by atoms with Crippen molar-refractivity contribution in [2.75, 3.05) is 6.61 Å². The molecule has 0 unspecified atom stereocenters. The summed E-state index contributed by atoms with van der Waals surface area (Å²) in [6.45, 7) is 7.92. The van der Waals surface area contributed by atoms with Crippen LogP contribution in [0.2, 0.25) is 0 Å². The monoisotopic (exact) mass is 220 g/mol. The highest BCUT2D eigenvalue weighted by molar-refractivity contribution is 5.77. The lowest BCUT2D eigenvalue weighted by Gasteiger charge is -2.11. The number of phenolic OH excluding ortho intramolecular Hbond substituents is 1. The Balaban J connectivity index is 3.19. The van der Waals surface area contributed by atoms with Crippen molar-refractivity contribution in [3.05, 3.63) is 35.4 Å². The van der Waals surface area contributed by atoms with Crippen LogP contribution in [0.4, 0.5) is 0 Å². The number of carbonyl (C=O) groups excluding carboxylic acids is 1. The zero-order chi connectivity index (χ0) is 12.1. The number of benzene rings is 1. The van der Waals surface area contributed by atoms with Crippen LogP contribution in [0.5, 0.6) is 11.5 Å². The Hall–Kier alpha value is -1.77. The average molecular weight is 220 g/mol. The van der Waals surface area contributed by atoms with Crippen LogP contribution in [-0.4, -0.2) is 18.0 Å². The number of aromatic hydroxyl groups is 1. The van der Waals surface area contributed by atoms with E-state index in [0.717, 1.165) is 11.9 Å². The van der Waals surface area contributed by atoms with Gasteiger partial charge in [0, 0.05) is 11.1 Å². The topological polar surface area (TPSA) is 46.5 Å². The third kappa shape index (κ3) is 2.86. The van der Waals surface area contributed by atoms with E-state index in [0.29, 0.717) is 29.9 Å². The van der Waals surface area contributed by atoms with Crippen LogP contribution in [-0.2, 0) is 6.42 Å². The Morgan fingerprint density at radius 1 is 1.56 bits per heavy atom. The van der Waals surface area contributed by atoms with E-state index >= 15 is 0 Å². The molecule has 0 radical (unpaired) electrons. The Bertz CT molecular complexity index is 408. The lowest BCUT2D eigenvalue weighted by Crippen LogP contribution is -1.97. The van der Waals surface area contributed by atoms with E-state index < -0.39 is 0 Å². The molecule has 1 aromatic rings. The Labute approximate surface area is 95.4 Å². The molecule has 0 aliphatic rings. The summed E-state index contributed by atoms with van der Waals surface area (Å²) in [5.41, 5.74) is 2.08. The predicted molar refractivity (Wildman–Crippen MR) is 63.2 cm³/mol. The SMILES string of the molecule is C=C(C)Cc1cc(C=O)cc(OCC)c1O. The quantitative estimate of drug-likeness (QED) is 0.613. The Kier molecular flexibility index (Phi) is 4.11. The number of carbonyl (C=O) groups is 1. The van der Waals surface area contributed by atoms with Crippen molar-refractivity contribution in [2.45, 2.75) is 20.3 Å². The van der Waals surface area contributed by atoms with E-state index in [1.165, 1.54) is 6.07 Å². The van der Waals surface area contributed by atoms with Crippen LogP contribution in [0.3, 0.4) is 0 Å². The number of allylic oxidation sites excluding steroid dienone is 1. The van der Waals surface area contributed by atoms with Gasteiger partial charge in [0.15, 0.2) is 11.5 Å². The minimum absolute atomic E-state index is 0.0930. The van der Waals surface area contributed by atoms with Gasteiger partial charge in [0.25, 0.3) is 0 Å². The van der Waals surface area contributed by atoms with E-state index in [1.54, 1.807) is 6.07 Å². The number of hydrogen-bond acceptors (Lipinski definition) is 3. The molecule has 0 heterocycles. The first-order chi connectivity index (χ1) is 7.58. The van der Waals surface area contributed by atoms with Crippen LogP contribution in [0.15, 0.2) is 24.3 Å². The van der Waals surface area contributed by atoms with Gasteiger partial charge in [0.2, 0.25) is 0 Å². The molecular weight excluding hydrogens is 204 g/mol. The molecule has 0 spiro atoms. The fraction of sp³-hybridized carbons (Fsp3) is 0.308. The summed E-state index contributed by atoms with van der Waals surface area (Å²) in [5.74, 6) is 0.443. The Morgan fingerprint density at radius 3 is 2.75 bits per heavy atom. The number of rotatable bonds is 5. The van der Waals surface area contributed by atoms with Crippen molar-refractivity contribution in [1.29, 1.82) is 0 Å². The largest absolute Gasteiger partial charge is 0.504 e. The maximum absolute atomic E-state index is 10.8. The fourth-order valence-corrected chi connectivity index (χ4v) is 1.48. The van der Waals surface area contributed by atoms with Crippen molar-refractivity contribution < 1.29 is 14.6 Å². The third-order valence-corrected chi connectivity index (χ3v) is 2.10. The second kappa shape index (κ2) is 5.35. The highest BCUT2D eigenvalue weighted by Gasteiger charge is 2.10. The summed E-state index contributed by atoms with van der Waals surface area (Å²) in [4.78, 5) is 10.8. The normalized spacial score (nSPS) is 9.88. The van der Waals surface area contributed by atoms with E-state index in [9.17, 15) is 9.90 Å². The molecule has 0 bridgehead atoms. The lowest BCUT2D eigenvalue weighted by molar-refractivity contribution is 0.112. The van der Waals surface area contributed by atoms with E-state index in [2.05, 4.69) is 6.58 Å². The van der Waals surface area contributed by atoms with Crippen molar-refractivity contribution >= 4 is 6.29 Å². The van der Waals surface area contributed by atoms with Gasteiger partial charge in [-0.2, -0.15) is 0 Å². The second-order valence-corrected chi connectivity index (χ2v) is 3.71. The summed E-state index contributed by atoms with van der Waals surface area (Å²) in [6, 6.07) is 3.19. The van der Waals surface area contributed by atoms with E-state index in [-0.39, 0.29) is 5.75 Å². The molecule has 0 atom stereocenters. The molecule has 0 aliphatic carbocycles. The Morgan fingerprint density at radius 2 is 2.25 bits per heavy atom. The first kappa shape index (κ1) is 12.3. The summed E-state index contributed by atoms with van der Waals surface area (Å²) in [7, 11) is 0. The van der Waals surface area contributed by atoms with Crippen molar-refractivity contribution in [2.24, 2.45) is 0 Å². The van der Waals surface area contributed by atoms with Gasteiger partial charge in [0.05, 0.1) is 6.61 Å². The van der Waals surface area contributed by atoms with E-state index in [1.807, 2.05) is 13.8 Å². The number of hydrogen-bond donors (Lipinski definition) is 1. The van der Waals surface area contributed by atoms with Crippen LogP contribution >= 0.6 is 0 Å². The molecule has 0 aliphatic heterocycles. The molecule has 0 aromatic heterocycles. The van der Waals surface area contributed by atoms with Gasteiger partial charge in [-0.15, -0.1) is 0 Å². The first-order valence-electron chi connectivity index (χ1n) is 5.16. The predicted octanol–water partition coefficient (Wildman–Crippen LogP) is 2.72. The molecule has 0 fully saturated rings. The van der Waals surface area contributed by atoms with Crippen molar-refractivity contribution in [1.82, 2.24) is 0 Å². The molecule has 3 nitrogen and oxygen atoms in total. The smallest absolute Gasteiger partial charge is 0.161 e. The molecule has 0 saturated heterocycles. The maximum atomic E-state index is 10.8. The van der Waals surface area contributed by atoms with Gasteiger partial charge in [-0.25, -0.2) is 0 Å². The zero-order valence-corrected chi connectivity index (χ0v) is 9.62. The highest BCUT2D eigenvalue weighted by Crippen LogP contribution is 2.32. The minimum atomic E-state index is 0.0930. The molecule has 0 amide bonds. The third-order valence-electron chi connectivity index (χ3n) is 2.10. The van der Waals surface area contributed by atoms with Crippen LogP contribution in [0.25, 0.3) is 0 Å². The number of phenols is 1. The standard InChI is InChI=1S/C13H16O3/c1-4-16-12-7-10(8-14)6-11(13(12)15)5-9(2)3/h6-8,15H,2,4-5H2,1,3H3. The minimum Gasteiger partial charge on any atom is -0.504 e. The zero-order valence-electron chi connectivity index (χ0n) is 9.62. The highest BCUT2D eigenvalue weighted by atomic mass is 16.5. The van der Waals surface area contributed by atoms with Gasteiger partial charge in [-0.3, -0.25) is 4.79 Å². The molecule has 3 heteroatoms. The molecule has 16 heavy (non-hydrogen) atoms. The lowest BCUT2D eigenvalue weighted by atomic mass is 10.0. The van der Waals surface area contributed by atoms with Crippen LogP contribution < -0.4 is 4.74 Å². The van der Waals surface area contributed by atoms with E-state index in [4.69, 9.17) is 4.74 Å². The molecule has 86 valence electrons. The summed E-state index contributed by atoms with van der Waals surface area (Å²) in [5, 5.41) is 9.91. The summed E-state index contributed by atoms with van der Waals surface area (Å²) < 4.78 is 5.26. The van der Waals surface area contributed by atoms with Gasteiger partial charge >= 0.3 is 0 Å². The van der Waals surface area contributed by atoms with Gasteiger partial charge in [-0.1, -0.05) is 12.2 Å². The summed E-state index contributed by atoms with van der Waals surface area (Å²) in [6.07, 6.45) is 1.28. The van der Waals surface area contributed by atoms with Gasteiger partial charge < -0.3 is 9.84 Å². The van der Waals surface area contributed by atoms with Gasteiger partial charge in [0.1, 0.15) is 6.29 Å². The second-order valence-electron chi connectivity index (χ2n) is 3.71. The fourth-order valence-electron chi connectivity index (χ4n) is 1.48. The molecule has 1 rings (SSSR count). The maximum Gasteiger partial charge on any atom is 0.161 e. The molecule has 1 aromatic carbocycles.